The number of furan rings is 1. The Kier molecular flexibility index (Phi) is 30.0. The van der Waals surface area contributed by atoms with Gasteiger partial charge in [-0.05, 0) is 204 Å². The van der Waals surface area contributed by atoms with Gasteiger partial charge in [0.25, 0.3) is 0 Å². The number of hydrogen-bond acceptors (Lipinski definition) is 14. The zero-order valence-electron chi connectivity index (χ0n) is 68.6. The first kappa shape index (κ1) is 84.9. The fraction of sp³-hybridized carbons (Fsp3) is 0.394. The zero-order chi connectivity index (χ0) is 81.6. The molecule has 0 bridgehead atoms. The van der Waals surface area contributed by atoms with E-state index in [0.29, 0.717) is 63.3 Å². The number of rotatable bonds is 25. The van der Waals surface area contributed by atoms with Gasteiger partial charge in [0.05, 0.1) is 56.6 Å². The van der Waals surface area contributed by atoms with E-state index in [4.69, 9.17) is 80.2 Å². The molecular weight excluding hydrogens is 1540 g/mol. The number of phenols is 1. The number of pyridine rings is 5. The minimum atomic E-state index is 0.0586. The van der Waals surface area contributed by atoms with E-state index in [1.807, 2.05) is 108 Å². The molecule has 6 N–H and O–H groups in total. The van der Waals surface area contributed by atoms with Crippen molar-refractivity contribution in [1.82, 2.24) is 46.9 Å². The molecule has 117 heavy (non-hydrogen) atoms. The number of halogens is 4. The summed E-state index contributed by atoms with van der Waals surface area (Å²) < 4.78 is 27.7. The van der Waals surface area contributed by atoms with E-state index in [1.165, 1.54) is 119 Å². The predicted molar refractivity (Wildman–Crippen MR) is 483 cm³/mol. The smallest absolute Gasteiger partial charge is 0.156 e. The number of hydrogen-bond donors (Lipinski definition) is 6. The first-order valence-corrected chi connectivity index (χ1v) is 43.5. The highest BCUT2D eigenvalue weighted by molar-refractivity contribution is 6.42. The molecule has 0 aliphatic heterocycles. The molecule has 0 radical (unpaired) electrons. The fourth-order valence-corrected chi connectivity index (χ4v) is 16.0. The maximum atomic E-state index is 9.53. The van der Waals surface area contributed by atoms with Gasteiger partial charge in [-0.25, -0.2) is 24.9 Å². The molecule has 14 aromatic rings. The Bertz CT molecular complexity index is 5430. The van der Waals surface area contributed by atoms with Gasteiger partial charge >= 0.3 is 0 Å². The lowest BCUT2D eigenvalue weighted by Crippen LogP contribution is -2.25. The minimum absolute atomic E-state index is 0.0586. The van der Waals surface area contributed by atoms with Crippen LogP contribution in [0, 0.1) is 5.92 Å². The lowest BCUT2D eigenvalue weighted by atomic mass is 9.91. The number of fused-ring (bicyclic) bond motifs is 5. The van der Waals surface area contributed by atoms with E-state index in [2.05, 4.69) is 153 Å². The first-order valence-electron chi connectivity index (χ1n) is 42.0. The molecule has 0 spiro atoms. The largest absolute Gasteiger partial charge is 0.508 e. The van der Waals surface area contributed by atoms with Crippen LogP contribution in [0.15, 0.2) is 205 Å². The van der Waals surface area contributed by atoms with Crippen molar-refractivity contribution < 1.29 is 19.0 Å². The number of nitrogens with one attached hydrogen (secondary N) is 5. The molecule has 11 heterocycles. The van der Waals surface area contributed by atoms with Gasteiger partial charge in [-0.15, -0.1) is 0 Å². The van der Waals surface area contributed by atoms with Gasteiger partial charge in [0.2, 0.25) is 0 Å². The second kappa shape index (κ2) is 41.4. The predicted octanol–water partition coefficient (Wildman–Crippen LogP) is 25.3. The van der Waals surface area contributed by atoms with Crippen LogP contribution in [0.2, 0.25) is 20.1 Å². The number of benzene rings is 3. The number of aromatic hydroxyl groups is 1. The lowest BCUT2D eigenvalue weighted by Gasteiger charge is -2.26. The van der Waals surface area contributed by atoms with Crippen LogP contribution in [0.25, 0.3) is 50.9 Å². The summed E-state index contributed by atoms with van der Waals surface area (Å²) in [5, 5.41) is 29.9. The maximum Gasteiger partial charge on any atom is 0.156 e. The number of aromatic nitrogens is 10. The van der Waals surface area contributed by atoms with E-state index < -0.39 is 0 Å². The van der Waals surface area contributed by atoms with Crippen LogP contribution in [0.5, 0.6) is 17.2 Å². The van der Waals surface area contributed by atoms with Crippen LogP contribution < -0.4 is 36.1 Å². The molecule has 0 saturated heterocycles. The van der Waals surface area contributed by atoms with Crippen molar-refractivity contribution in [2.75, 3.05) is 52.9 Å². The summed E-state index contributed by atoms with van der Waals surface area (Å²) in [4.78, 5) is 23.9. The molecule has 17 rings (SSSR count). The molecule has 0 atom stereocenters. The van der Waals surface area contributed by atoms with Crippen molar-refractivity contribution in [2.24, 2.45) is 5.92 Å². The molecule has 11 aromatic heterocycles. The number of unbranched alkanes of at least 4 members (excludes halogenated alkanes) is 2. The molecular formula is C94H113Cl4N15O4. The van der Waals surface area contributed by atoms with Gasteiger partial charge in [0, 0.05) is 85.3 Å². The van der Waals surface area contributed by atoms with Crippen LogP contribution in [0.4, 0.5) is 29.1 Å². The Balaban J connectivity index is 0.000000128. The molecule has 3 fully saturated rings. The maximum absolute atomic E-state index is 9.53. The second-order valence-corrected chi connectivity index (χ2v) is 34.0. The highest BCUT2D eigenvalue weighted by Crippen LogP contribution is 2.37. The summed E-state index contributed by atoms with van der Waals surface area (Å²) in [6.45, 7) is 18.5. The number of anilines is 5. The highest BCUT2D eigenvalue weighted by Gasteiger charge is 2.28. The Morgan fingerprint density at radius 3 is 1.33 bits per heavy atom. The highest BCUT2D eigenvalue weighted by atomic mass is 35.5. The second-order valence-electron chi connectivity index (χ2n) is 32.4. The van der Waals surface area contributed by atoms with E-state index in [0.717, 1.165) is 131 Å². The topological polar surface area (TPSA) is 198 Å². The number of nitrogens with zero attached hydrogens (tertiary/aromatic N) is 10. The normalized spacial score (nSPS) is 14.2. The Hall–Kier alpha value is -10.1. The summed E-state index contributed by atoms with van der Waals surface area (Å²) in [6, 6.07) is 53.9. The Labute approximate surface area is 708 Å². The van der Waals surface area contributed by atoms with E-state index in [-0.39, 0.29) is 11.2 Å². The number of phenolic OH excluding ortho intramolecular Hbond substituents is 1. The third-order valence-electron chi connectivity index (χ3n) is 21.4. The minimum Gasteiger partial charge on any atom is -0.508 e. The Morgan fingerprint density at radius 1 is 0.436 bits per heavy atom. The van der Waals surface area contributed by atoms with Crippen molar-refractivity contribution in [3.63, 3.8) is 0 Å². The molecule has 19 nitrogen and oxygen atoms in total. The molecule has 23 heteroatoms. The molecule has 0 unspecified atom stereocenters. The zero-order valence-corrected chi connectivity index (χ0v) is 71.6. The van der Waals surface area contributed by atoms with Gasteiger partial charge < -0.3 is 45.6 Å². The molecule has 3 aromatic carbocycles. The van der Waals surface area contributed by atoms with E-state index in [9.17, 15) is 5.11 Å². The third kappa shape index (κ3) is 22.8. The van der Waals surface area contributed by atoms with Crippen LogP contribution >= 0.6 is 46.4 Å². The molecule has 3 aliphatic carbocycles. The van der Waals surface area contributed by atoms with Crippen LogP contribution in [0.3, 0.4) is 0 Å². The van der Waals surface area contributed by atoms with Crippen LogP contribution in [-0.4, -0.2) is 96.5 Å². The van der Waals surface area contributed by atoms with Crippen molar-refractivity contribution in [2.45, 2.75) is 206 Å². The van der Waals surface area contributed by atoms with Gasteiger partial charge in [-0.1, -0.05) is 183 Å². The van der Waals surface area contributed by atoms with E-state index >= 15 is 0 Å². The summed E-state index contributed by atoms with van der Waals surface area (Å²) >= 11 is 23.8. The van der Waals surface area contributed by atoms with Gasteiger partial charge in [-0.2, -0.15) is 0 Å². The monoisotopic (exact) mass is 1660 g/mol. The number of imidazole rings is 5. The summed E-state index contributed by atoms with van der Waals surface area (Å²) in [5.41, 5.74) is 11.2. The average Bonchev–Trinajstić information content (AvgIpc) is 1.64. The average molecular weight is 1660 g/mol. The molecule has 0 amide bonds. The lowest BCUT2D eigenvalue weighted by molar-refractivity contribution is 0.308. The molecule has 3 saturated carbocycles. The summed E-state index contributed by atoms with van der Waals surface area (Å²) in [6.07, 6.45) is 36.5. The van der Waals surface area contributed by atoms with Gasteiger partial charge in [0.1, 0.15) is 86.0 Å². The van der Waals surface area contributed by atoms with Crippen molar-refractivity contribution >= 4 is 104 Å². The van der Waals surface area contributed by atoms with Crippen molar-refractivity contribution in [3.8, 4) is 40.0 Å². The first-order chi connectivity index (χ1) is 56.9. The molecule has 616 valence electrons. The van der Waals surface area contributed by atoms with Crippen LogP contribution in [0.1, 0.15) is 193 Å². The molecule has 3 aliphatic rings. The third-order valence-corrected chi connectivity index (χ3v) is 22.9. The summed E-state index contributed by atoms with van der Waals surface area (Å²) in [7, 11) is 0. The van der Waals surface area contributed by atoms with Crippen LogP contribution in [-0.2, 0) is 11.8 Å². The van der Waals surface area contributed by atoms with Gasteiger partial charge in [-0.3, -0.25) is 22.0 Å². The number of ether oxygens (including phenoxy) is 2. The fourth-order valence-electron chi connectivity index (χ4n) is 15.4. The van der Waals surface area contributed by atoms with Crippen molar-refractivity contribution in [3.05, 3.63) is 238 Å². The van der Waals surface area contributed by atoms with Crippen molar-refractivity contribution in [1.29, 1.82) is 0 Å². The quantitative estimate of drug-likeness (QED) is 0.0295. The standard InChI is InChI=1S/C21H19Cl2N3O2.C20H23Cl2N3O.C19H21N3O.2C17H25N3/c22-16-9-8-15(14-17(16)23)27-12-4-2-10-24-21-20(18-6-5-13-28-18)25-19-7-1-3-11-26(19)21;1-14(2)19-20(25-11-5-3-7-18(25)24-19)23-10-4-6-12-26-15-8-9-16(21)17(22)13-15;23-16-11-9-14(10-12-16)18-19(20-15-6-2-1-3-7-15)22-13-5-4-8-17(22)21-18;1-17(2,3)15-16(18-13-9-5-4-6-10-13)20-12-8-7-11-14(20)19-15;1-13(2)12-15-17(18-14-8-4-3-5-9-14)20-11-7-6-10-16(20)19-15/h1,3,5-9,11,13-14,24H,2,4,10,12H2;3,5,7-9,11,13-14,23H,4,6,10,12H2,1-2H3;4-5,8-13,15,20,23H,1-3,6-7H2;7-8,11-13,18H,4-6,9-10H2,1-3H3;6-7,10-11,13-14,18H,3-5,8-9,12H2,1-2H3. The van der Waals surface area contributed by atoms with Gasteiger partial charge in [0.15, 0.2) is 5.76 Å². The SMILES string of the molecule is CC(C)(C)c1nc2ccccn2c1NC1CCCCC1.CC(C)Cc1nc2ccccn2c1NC1CCCCC1.CC(C)c1nc2ccccn2c1NCCCCOc1ccc(Cl)c(Cl)c1.Clc1ccc(OCCCCNc2c(-c3ccco3)nc3ccccn23)cc1Cl.Oc1ccc(-c2nc3ccccn3c2NC2CCCCC2)cc1. The van der Waals surface area contributed by atoms with E-state index in [1.54, 1.807) is 42.7 Å². The summed E-state index contributed by atoms with van der Waals surface area (Å²) in [5.74, 6) is 8.98. The Morgan fingerprint density at radius 2 is 0.863 bits per heavy atom.